The van der Waals surface area contributed by atoms with E-state index in [-0.39, 0.29) is 6.10 Å². The monoisotopic (exact) mass is 265 g/mol. The van der Waals surface area contributed by atoms with Crippen LogP contribution in [-0.4, -0.2) is 55.9 Å². The third-order valence-corrected chi connectivity index (χ3v) is 3.08. The predicted octanol–water partition coefficient (Wildman–Crippen LogP) is 0.723. The average molecular weight is 265 g/mol. The molecule has 0 aliphatic carbocycles. The highest BCUT2D eigenvalue weighted by Gasteiger charge is 2.16. The molecule has 6 heteroatoms. The second-order valence-electron chi connectivity index (χ2n) is 4.77. The van der Waals surface area contributed by atoms with Gasteiger partial charge in [0.1, 0.15) is 18.0 Å². The van der Waals surface area contributed by atoms with Crippen molar-refractivity contribution in [2.45, 2.75) is 19.4 Å². The molecular weight excluding hydrogens is 242 g/mol. The van der Waals surface area contributed by atoms with Crippen LogP contribution in [0.4, 0.5) is 11.6 Å². The largest absolute Gasteiger partial charge is 0.374 e. The molecule has 0 saturated carbocycles. The first-order valence-electron chi connectivity index (χ1n) is 6.89. The van der Waals surface area contributed by atoms with Crippen molar-refractivity contribution in [3.63, 3.8) is 0 Å². The fraction of sp³-hybridized carbons (Fsp3) is 0.692. The van der Waals surface area contributed by atoms with Gasteiger partial charge in [0.2, 0.25) is 0 Å². The van der Waals surface area contributed by atoms with Crippen LogP contribution in [0.3, 0.4) is 0 Å². The second kappa shape index (κ2) is 7.25. The summed E-state index contributed by atoms with van der Waals surface area (Å²) in [5.41, 5.74) is 0. The molecule has 0 radical (unpaired) electrons. The second-order valence-corrected chi connectivity index (χ2v) is 4.77. The van der Waals surface area contributed by atoms with Gasteiger partial charge in [0.25, 0.3) is 0 Å². The number of aromatic nitrogens is 2. The summed E-state index contributed by atoms with van der Waals surface area (Å²) in [7, 11) is 2.03. The smallest absolute Gasteiger partial charge is 0.133 e. The van der Waals surface area contributed by atoms with Crippen LogP contribution in [0.15, 0.2) is 12.4 Å². The van der Waals surface area contributed by atoms with E-state index in [4.69, 9.17) is 4.74 Å². The Hall–Kier alpha value is -1.40. The number of hydrogen-bond donors (Lipinski definition) is 2. The molecule has 0 amide bonds. The molecule has 1 aliphatic heterocycles. The van der Waals surface area contributed by atoms with Crippen LogP contribution in [0, 0.1) is 0 Å². The number of anilines is 2. The molecule has 0 spiro atoms. The number of nitrogens with zero attached hydrogens (tertiary/aromatic N) is 3. The highest BCUT2D eigenvalue weighted by Crippen LogP contribution is 2.13. The van der Waals surface area contributed by atoms with E-state index in [0.717, 1.165) is 50.8 Å². The topological polar surface area (TPSA) is 62.3 Å². The van der Waals surface area contributed by atoms with Gasteiger partial charge in [0, 0.05) is 39.3 Å². The average Bonchev–Trinajstić information content (AvgIpc) is 2.46. The summed E-state index contributed by atoms with van der Waals surface area (Å²) in [6.45, 7) is 6.52. The van der Waals surface area contributed by atoms with E-state index >= 15 is 0 Å². The Morgan fingerprint density at radius 3 is 3.16 bits per heavy atom. The van der Waals surface area contributed by atoms with E-state index in [9.17, 15) is 0 Å². The van der Waals surface area contributed by atoms with E-state index in [1.165, 1.54) is 0 Å². The van der Waals surface area contributed by atoms with Crippen molar-refractivity contribution >= 4 is 11.6 Å². The zero-order valence-corrected chi connectivity index (χ0v) is 11.7. The molecule has 0 bridgehead atoms. The van der Waals surface area contributed by atoms with E-state index in [1.807, 2.05) is 13.1 Å². The Morgan fingerprint density at radius 1 is 1.53 bits per heavy atom. The van der Waals surface area contributed by atoms with Crippen LogP contribution in [0.25, 0.3) is 0 Å². The van der Waals surface area contributed by atoms with Gasteiger partial charge in [-0.05, 0) is 6.42 Å². The molecule has 2 rings (SSSR count). The first kappa shape index (κ1) is 14.0. The van der Waals surface area contributed by atoms with Crippen molar-refractivity contribution in [2.75, 3.05) is 50.1 Å². The lowest BCUT2D eigenvalue weighted by molar-refractivity contribution is 0.0339. The Balaban J connectivity index is 1.91. The number of morpholine rings is 1. The molecule has 106 valence electrons. The minimum atomic E-state index is 0.223. The van der Waals surface area contributed by atoms with Gasteiger partial charge < -0.3 is 20.3 Å². The third kappa shape index (κ3) is 4.33. The van der Waals surface area contributed by atoms with Crippen LogP contribution in [0.2, 0.25) is 0 Å². The van der Waals surface area contributed by atoms with Crippen LogP contribution < -0.4 is 15.5 Å². The first-order chi connectivity index (χ1) is 9.29. The van der Waals surface area contributed by atoms with Crippen LogP contribution in [0.5, 0.6) is 0 Å². The summed E-state index contributed by atoms with van der Waals surface area (Å²) in [6.07, 6.45) is 2.90. The molecule has 2 heterocycles. The van der Waals surface area contributed by atoms with Gasteiger partial charge in [-0.2, -0.15) is 0 Å². The number of hydrogen-bond acceptors (Lipinski definition) is 6. The molecule has 1 saturated heterocycles. The molecule has 2 N–H and O–H groups in total. The number of ether oxygens (including phenoxy) is 1. The molecule has 1 unspecified atom stereocenters. The highest BCUT2D eigenvalue weighted by atomic mass is 16.5. The van der Waals surface area contributed by atoms with Crippen LogP contribution in [0.1, 0.15) is 13.3 Å². The maximum Gasteiger partial charge on any atom is 0.133 e. The molecule has 1 fully saturated rings. The molecule has 0 aromatic carbocycles. The molecule has 1 atom stereocenters. The minimum Gasteiger partial charge on any atom is -0.374 e. The lowest BCUT2D eigenvalue weighted by Crippen LogP contribution is -2.44. The van der Waals surface area contributed by atoms with Crippen LogP contribution >= 0.6 is 0 Å². The summed E-state index contributed by atoms with van der Waals surface area (Å²) < 4.78 is 5.70. The van der Waals surface area contributed by atoms with Gasteiger partial charge in [-0.3, -0.25) is 0 Å². The van der Waals surface area contributed by atoms with Crippen LogP contribution in [-0.2, 0) is 4.74 Å². The minimum absolute atomic E-state index is 0.223. The van der Waals surface area contributed by atoms with Crippen molar-refractivity contribution in [1.29, 1.82) is 0 Å². The van der Waals surface area contributed by atoms with Gasteiger partial charge in [-0.1, -0.05) is 6.92 Å². The standard InChI is InChI=1S/C13H23N5O/c1-3-4-15-12-7-13(17-10-16-12)18(2)9-11-8-14-5-6-19-11/h7,10-11,14H,3-6,8-9H2,1-2H3,(H,15,16,17). The summed E-state index contributed by atoms with van der Waals surface area (Å²) >= 11 is 0. The van der Waals surface area contributed by atoms with Crippen molar-refractivity contribution in [2.24, 2.45) is 0 Å². The van der Waals surface area contributed by atoms with Crippen molar-refractivity contribution in [3.8, 4) is 0 Å². The van der Waals surface area contributed by atoms with Crippen molar-refractivity contribution in [3.05, 3.63) is 12.4 Å². The third-order valence-electron chi connectivity index (χ3n) is 3.08. The maximum absolute atomic E-state index is 5.70. The van der Waals surface area contributed by atoms with Gasteiger partial charge in [0.05, 0.1) is 12.7 Å². The maximum atomic E-state index is 5.70. The lowest BCUT2D eigenvalue weighted by Gasteiger charge is -2.28. The van der Waals surface area contributed by atoms with Crippen molar-refractivity contribution < 1.29 is 4.74 Å². The van der Waals surface area contributed by atoms with E-state index < -0.39 is 0 Å². The normalized spacial score (nSPS) is 19.2. The van der Waals surface area contributed by atoms with Gasteiger partial charge >= 0.3 is 0 Å². The molecule has 1 aromatic heterocycles. The molecule has 6 nitrogen and oxygen atoms in total. The van der Waals surface area contributed by atoms with Gasteiger partial charge in [-0.25, -0.2) is 9.97 Å². The predicted molar refractivity (Wildman–Crippen MR) is 76.7 cm³/mol. The zero-order chi connectivity index (χ0) is 13.5. The summed E-state index contributed by atoms with van der Waals surface area (Å²) in [6, 6.07) is 1.98. The molecule has 1 aliphatic rings. The SMILES string of the molecule is CCCNc1cc(N(C)CC2CNCCO2)ncn1. The number of likely N-dealkylation sites (N-methyl/N-ethyl adjacent to an activating group) is 1. The fourth-order valence-electron chi connectivity index (χ4n) is 2.04. The lowest BCUT2D eigenvalue weighted by atomic mass is 10.3. The molecule has 1 aromatic rings. The number of nitrogens with one attached hydrogen (secondary N) is 2. The van der Waals surface area contributed by atoms with E-state index in [2.05, 4.69) is 32.4 Å². The number of rotatable bonds is 6. The Kier molecular flexibility index (Phi) is 5.35. The molecular formula is C13H23N5O. The Morgan fingerprint density at radius 2 is 2.42 bits per heavy atom. The first-order valence-corrected chi connectivity index (χ1v) is 6.89. The Labute approximate surface area is 114 Å². The van der Waals surface area contributed by atoms with E-state index in [1.54, 1.807) is 6.33 Å². The quantitative estimate of drug-likeness (QED) is 0.790. The van der Waals surface area contributed by atoms with Crippen molar-refractivity contribution in [1.82, 2.24) is 15.3 Å². The Bertz CT molecular complexity index is 381. The zero-order valence-electron chi connectivity index (χ0n) is 11.7. The summed E-state index contributed by atoms with van der Waals surface area (Å²) in [5.74, 6) is 1.80. The molecule has 19 heavy (non-hydrogen) atoms. The fourth-order valence-corrected chi connectivity index (χ4v) is 2.04. The summed E-state index contributed by atoms with van der Waals surface area (Å²) in [5, 5.41) is 6.61. The van der Waals surface area contributed by atoms with Gasteiger partial charge in [0.15, 0.2) is 0 Å². The highest BCUT2D eigenvalue weighted by molar-refractivity contribution is 5.47. The summed E-state index contributed by atoms with van der Waals surface area (Å²) in [4.78, 5) is 10.6. The van der Waals surface area contributed by atoms with Gasteiger partial charge in [-0.15, -0.1) is 0 Å². The van der Waals surface area contributed by atoms with E-state index in [0.29, 0.717) is 0 Å².